The Labute approximate surface area is 137 Å². The van der Waals surface area contributed by atoms with Crippen molar-refractivity contribution in [1.29, 1.82) is 10.5 Å². The first-order chi connectivity index (χ1) is 10.9. The molecule has 0 saturated heterocycles. The fraction of sp³-hybridized carbons (Fsp3) is 0.176. The molecular weight excluding hydrogens is 318 g/mol. The van der Waals surface area contributed by atoms with Crippen LogP contribution in [0.5, 0.6) is 5.75 Å². The maximum absolute atomic E-state index is 14.6. The third-order valence-electron chi connectivity index (χ3n) is 3.26. The van der Waals surface area contributed by atoms with E-state index >= 15 is 0 Å². The number of ether oxygens (including phenoxy) is 1. The summed E-state index contributed by atoms with van der Waals surface area (Å²) in [5, 5.41) is 18.0. The van der Waals surface area contributed by atoms with Crippen LogP contribution in [0.15, 0.2) is 28.0 Å². The van der Waals surface area contributed by atoms with Gasteiger partial charge in [-0.2, -0.15) is 10.5 Å². The van der Waals surface area contributed by atoms with E-state index in [1.165, 1.54) is 13.2 Å². The first-order valence-corrected chi connectivity index (χ1v) is 7.40. The molecule has 0 radical (unpaired) electrons. The highest BCUT2D eigenvalue weighted by molar-refractivity contribution is 7.99. The molecule has 2 aromatic rings. The average Bonchev–Trinajstić information content (AvgIpc) is 2.52. The summed E-state index contributed by atoms with van der Waals surface area (Å²) >= 11 is 0.963. The van der Waals surface area contributed by atoms with Crippen LogP contribution in [0.3, 0.4) is 0 Å². The van der Waals surface area contributed by atoms with Gasteiger partial charge in [-0.1, -0.05) is 29.5 Å². The summed E-state index contributed by atoms with van der Waals surface area (Å²) in [6, 6.07) is 8.62. The van der Waals surface area contributed by atoms with Gasteiger partial charge in [0.1, 0.15) is 23.3 Å². The van der Waals surface area contributed by atoms with Crippen molar-refractivity contribution in [1.82, 2.24) is 0 Å². The number of nitrogens with zero attached hydrogens (tertiary/aromatic N) is 2. The first-order valence-electron chi connectivity index (χ1n) is 6.58. The highest BCUT2D eigenvalue weighted by Crippen LogP contribution is 2.42. The summed E-state index contributed by atoms with van der Waals surface area (Å²) in [7, 11) is 1.19. The van der Waals surface area contributed by atoms with Crippen LogP contribution < -0.4 is 4.74 Å². The van der Waals surface area contributed by atoms with Gasteiger partial charge in [-0.25, -0.2) is 8.78 Å². The van der Waals surface area contributed by atoms with Crippen molar-refractivity contribution in [3.8, 4) is 17.9 Å². The summed E-state index contributed by atoms with van der Waals surface area (Å²) in [5.41, 5.74) is 0.674. The third kappa shape index (κ3) is 2.99. The van der Waals surface area contributed by atoms with E-state index in [-0.39, 0.29) is 10.6 Å². The van der Waals surface area contributed by atoms with Gasteiger partial charge in [0.15, 0.2) is 17.4 Å². The van der Waals surface area contributed by atoms with Gasteiger partial charge >= 0.3 is 0 Å². The van der Waals surface area contributed by atoms with Crippen molar-refractivity contribution in [3.05, 3.63) is 52.1 Å². The molecule has 0 amide bonds. The summed E-state index contributed by atoms with van der Waals surface area (Å²) in [4.78, 5) is 0.563. The molecule has 0 atom stereocenters. The molecule has 116 valence electrons. The molecule has 6 heteroatoms. The Morgan fingerprint density at radius 3 is 2.17 bits per heavy atom. The Hall–Kier alpha value is -2.57. The summed E-state index contributed by atoms with van der Waals surface area (Å²) < 4.78 is 33.9. The number of nitriles is 2. The molecular formula is C17H12F2N2OS. The molecule has 2 aromatic carbocycles. The molecule has 0 aliphatic rings. The van der Waals surface area contributed by atoms with E-state index in [0.29, 0.717) is 4.90 Å². The van der Waals surface area contributed by atoms with E-state index in [1.54, 1.807) is 12.1 Å². The molecule has 3 nitrogen and oxygen atoms in total. The Balaban J connectivity index is 2.69. The van der Waals surface area contributed by atoms with Crippen LogP contribution in [-0.4, -0.2) is 7.11 Å². The van der Waals surface area contributed by atoms with Crippen molar-refractivity contribution in [2.75, 3.05) is 7.11 Å². The van der Waals surface area contributed by atoms with Crippen molar-refractivity contribution < 1.29 is 13.5 Å². The lowest BCUT2D eigenvalue weighted by molar-refractivity contribution is 0.368. The highest BCUT2D eigenvalue weighted by atomic mass is 32.2. The van der Waals surface area contributed by atoms with Crippen molar-refractivity contribution in [2.24, 2.45) is 0 Å². The summed E-state index contributed by atoms with van der Waals surface area (Å²) in [6.07, 6.45) is 0. The number of rotatable bonds is 3. The minimum absolute atomic E-state index is 0.146. The molecule has 0 saturated carbocycles. The van der Waals surface area contributed by atoms with E-state index in [1.807, 2.05) is 26.0 Å². The van der Waals surface area contributed by atoms with Crippen molar-refractivity contribution in [2.45, 2.75) is 23.6 Å². The zero-order valence-electron chi connectivity index (χ0n) is 12.7. The molecule has 0 aromatic heterocycles. The lowest BCUT2D eigenvalue weighted by atomic mass is 10.1. The predicted molar refractivity (Wildman–Crippen MR) is 82.4 cm³/mol. The molecule has 0 heterocycles. The fourth-order valence-electron chi connectivity index (χ4n) is 2.15. The highest BCUT2D eigenvalue weighted by Gasteiger charge is 2.26. The van der Waals surface area contributed by atoms with E-state index in [4.69, 9.17) is 15.3 Å². The van der Waals surface area contributed by atoms with Crippen LogP contribution in [-0.2, 0) is 0 Å². The number of aryl methyl sites for hydroxylation is 2. The largest absolute Gasteiger partial charge is 0.492 e. The standard InChI is InChI=1S/C17H12F2N2OS/c1-9-4-5-13(10(2)6-9)23-17-15(19)12(8-21)11(7-20)14(18)16(17)22-3/h4-6H,1-3H3. The third-order valence-corrected chi connectivity index (χ3v) is 4.51. The number of benzene rings is 2. The molecule has 0 fully saturated rings. The maximum atomic E-state index is 14.6. The van der Waals surface area contributed by atoms with Gasteiger partial charge in [0.25, 0.3) is 0 Å². The van der Waals surface area contributed by atoms with Gasteiger partial charge in [-0.05, 0) is 25.5 Å². The fourth-order valence-corrected chi connectivity index (χ4v) is 3.19. The Morgan fingerprint density at radius 2 is 1.65 bits per heavy atom. The predicted octanol–water partition coefficient (Wildman–Crippen LogP) is 4.48. The lowest BCUT2D eigenvalue weighted by Crippen LogP contribution is -2.03. The number of hydrogen-bond acceptors (Lipinski definition) is 4. The molecule has 23 heavy (non-hydrogen) atoms. The normalized spacial score (nSPS) is 10.0. The second-order valence-corrected chi connectivity index (χ2v) is 5.89. The van der Waals surface area contributed by atoms with Crippen LogP contribution in [0.25, 0.3) is 0 Å². The number of halogens is 2. The molecule has 0 spiro atoms. The monoisotopic (exact) mass is 330 g/mol. The molecule has 2 rings (SSSR count). The van der Waals surface area contributed by atoms with E-state index in [2.05, 4.69) is 0 Å². The second kappa shape index (κ2) is 6.68. The van der Waals surface area contributed by atoms with Crippen molar-refractivity contribution in [3.63, 3.8) is 0 Å². The zero-order valence-corrected chi connectivity index (χ0v) is 13.5. The van der Waals surface area contributed by atoms with Crippen LogP contribution >= 0.6 is 11.8 Å². The van der Waals surface area contributed by atoms with Crippen LogP contribution in [0, 0.1) is 48.1 Å². The average molecular weight is 330 g/mol. The minimum Gasteiger partial charge on any atom is -0.492 e. The van der Waals surface area contributed by atoms with E-state index in [9.17, 15) is 8.78 Å². The van der Waals surface area contributed by atoms with Gasteiger partial charge in [0, 0.05) is 4.90 Å². The topological polar surface area (TPSA) is 56.8 Å². The van der Waals surface area contributed by atoms with Gasteiger partial charge in [0.05, 0.1) is 12.0 Å². The molecule has 0 bridgehead atoms. The zero-order chi connectivity index (χ0) is 17.1. The second-order valence-electron chi connectivity index (χ2n) is 4.83. The van der Waals surface area contributed by atoms with Crippen molar-refractivity contribution >= 4 is 11.8 Å². The van der Waals surface area contributed by atoms with Crippen LogP contribution in [0.4, 0.5) is 8.78 Å². The molecule has 0 N–H and O–H groups in total. The number of methoxy groups -OCH3 is 1. The summed E-state index contributed by atoms with van der Waals surface area (Å²) in [5.74, 6) is -2.35. The summed E-state index contributed by atoms with van der Waals surface area (Å²) in [6.45, 7) is 3.78. The minimum atomic E-state index is -1.03. The maximum Gasteiger partial charge on any atom is 0.185 e. The SMILES string of the molecule is COc1c(F)c(C#N)c(C#N)c(F)c1Sc1ccc(C)cc1C. The smallest absolute Gasteiger partial charge is 0.185 e. The quantitative estimate of drug-likeness (QED) is 0.832. The Kier molecular flexibility index (Phi) is 4.88. The first kappa shape index (κ1) is 16.8. The van der Waals surface area contributed by atoms with Gasteiger partial charge in [0.2, 0.25) is 0 Å². The van der Waals surface area contributed by atoms with E-state index < -0.39 is 22.8 Å². The van der Waals surface area contributed by atoms with Crippen LogP contribution in [0.2, 0.25) is 0 Å². The Bertz CT molecular complexity index is 863. The van der Waals surface area contributed by atoms with Gasteiger partial charge in [-0.3, -0.25) is 0 Å². The Morgan fingerprint density at radius 1 is 1.04 bits per heavy atom. The molecule has 0 aliphatic heterocycles. The lowest BCUT2D eigenvalue weighted by Gasteiger charge is -2.14. The molecule has 0 unspecified atom stereocenters. The van der Waals surface area contributed by atoms with Gasteiger partial charge < -0.3 is 4.74 Å². The number of hydrogen-bond donors (Lipinski definition) is 0. The van der Waals surface area contributed by atoms with E-state index in [0.717, 1.165) is 22.9 Å². The van der Waals surface area contributed by atoms with Gasteiger partial charge in [-0.15, -0.1) is 0 Å². The molecule has 0 aliphatic carbocycles. The van der Waals surface area contributed by atoms with Crippen LogP contribution in [0.1, 0.15) is 22.3 Å².